The Labute approximate surface area is 142 Å². The lowest BCUT2D eigenvalue weighted by molar-refractivity contribution is 0.269. The molecule has 1 saturated carbocycles. The van der Waals surface area contributed by atoms with Crippen molar-refractivity contribution < 1.29 is 4.39 Å². The quantitative estimate of drug-likeness (QED) is 0.801. The van der Waals surface area contributed by atoms with Gasteiger partial charge in [-0.1, -0.05) is 30.7 Å². The molecule has 4 rings (SSSR count). The van der Waals surface area contributed by atoms with Crippen molar-refractivity contribution in [3.8, 4) is 11.1 Å². The van der Waals surface area contributed by atoms with Crippen molar-refractivity contribution in [1.82, 2.24) is 4.57 Å². The van der Waals surface area contributed by atoms with Gasteiger partial charge in [0.2, 0.25) is 0 Å². The Morgan fingerprint density at radius 3 is 2.46 bits per heavy atom. The van der Waals surface area contributed by atoms with Gasteiger partial charge in [0, 0.05) is 17.8 Å². The van der Waals surface area contributed by atoms with Gasteiger partial charge in [-0.3, -0.25) is 4.79 Å². The number of rotatable bonds is 4. The van der Waals surface area contributed by atoms with Gasteiger partial charge in [-0.15, -0.1) is 0 Å². The molecule has 2 aliphatic rings. The zero-order valence-corrected chi connectivity index (χ0v) is 14.1. The van der Waals surface area contributed by atoms with E-state index >= 15 is 0 Å². The number of hydrogen-bond acceptors (Lipinski definition) is 1. The first-order valence-corrected chi connectivity index (χ1v) is 9.17. The summed E-state index contributed by atoms with van der Waals surface area (Å²) in [5.41, 5.74) is 5.09. The summed E-state index contributed by atoms with van der Waals surface area (Å²) in [5.74, 6) is 0.665. The van der Waals surface area contributed by atoms with Crippen LogP contribution in [0.1, 0.15) is 48.9 Å². The molecule has 0 atom stereocenters. The van der Waals surface area contributed by atoms with Crippen molar-refractivity contribution in [2.75, 3.05) is 0 Å². The average molecular weight is 325 g/mol. The molecule has 0 saturated heterocycles. The van der Waals surface area contributed by atoms with E-state index in [2.05, 4.69) is 10.6 Å². The van der Waals surface area contributed by atoms with E-state index in [1.54, 1.807) is 12.1 Å². The van der Waals surface area contributed by atoms with Crippen molar-refractivity contribution in [2.45, 2.75) is 58.2 Å². The molecule has 0 N–H and O–H groups in total. The molecular weight excluding hydrogens is 301 g/mol. The number of alkyl halides is 1. The smallest absolute Gasteiger partial charge is 0.258 e. The first kappa shape index (κ1) is 15.6. The normalized spacial score (nSPS) is 17.4. The first-order valence-electron chi connectivity index (χ1n) is 9.17. The Bertz CT molecular complexity index is 787. The summed E-state index contributed by atoms with van der Waals surface area (Å²) >= 11 is 0. The fraction of sp³-hybridized carbons (Fsp3) is 0.476. The fourth-order valence-electron chi connectivity index (χ4n) is 3.99. The van der Waals surface area contributed by atoms with Crippen LogP contribution in [0.15, 0.2) is 35.1 Å². The summed E-state index contributed by atoms with van der Waals surface area (Å²) in [7, 11) is 0. The maximum atomic E-state index is 13.2. The standard InChI is InChI=1S/C21H24FNO/c22-13-15-8-10-17(11-9-15)19-12-18-6-1-2-7-20(18)23(21(19)24)14-16-4-3-5-16/h8-12,16H,1-7,13-14H2. The molecule has 2 aromatic rings. The Balaban J connectivity index is 1.80. The highest BCUT2D eigenvalue weighted by Crippen LogP contribution is 2.30. The van der Waals surface area contributed by atoms with Gasteiger partial charge in [0.05, 0.1) is 0 Å². The van der Waals surface area contributed by atoms with E-state index in [0.717, 1.165) is 30.5 Å². The summed E-state index contributed by atoms with van der Waals surface area (Å²) in [6, 6.07) is 9.43. The van der Waals surface area contributed by atoms with Crippen LogP contribution < -0.4 is 5.56 Å². The van der Waals surface area contributed by atoms with Crippen LogP contribution in [0.25, 0.3) is 11.1 Å². The Morgan fingerprint density at radius 2 is 1.79 bits per heavy atom. The Morgan fingerprint density at radius 1 is 1.04 bits per heavy atom. The van der Waals surface area contributed by atoms with E-state index in [1.165, 1.54) is 43.4 Å². The van der Waals surface area contributed by atoms with Crippen LogP contribution in [-0.4, -0.2) is 4.57 Å². The Hall–Kier alpha value is -1.90. The highest BCUT2D eigenvalue weighted by Gasteiger charge is 2.23. The van der Waals surface area contributed by atoms with Gasteiger partial charge in [-0.05, 0) is 67.2 Å². The second-order valence-corrected chi connectivity index (χ2v) is 7.28. The highest BCUT2D eigenvalue weighted by atomic mass is 19.1. The van der Waals surface area contributed by atoms with Crippen molar-refractivity contribution in [3.05, 3.63) is 57.5 Å². The van der Waals surface area contributed by atoms with Crippen LogP contribution in [0, 0.1) is 5.92 Å². The molecule has 0 radical (unpaired) electrons. The van der Waals surface area contributed by atoms with Crippen LogP contribution >= 0.6 is 0 Å². The number of aryl methyl sites for hydroxylation is 1. The average Bonchev–Trinajstić information content (AvgIpc) is 2.59. The number of hydrogen-bond donors (Lipinski definition) is 0. The molecule has 0 unspecified atom stereocenters. The minimum absolute atomic E-state index is 0.135. The SMILES string of the molecule is O=c1c(-c2ccc(CF)cc2)cc2c(n1CC1CCC1)CCCC2. The summed E-state index contributed by atoms with van der Waals surface area (Å²) < 4.78 is 14.8. The van der Waals surface area contributed by atoms with Gasteiger partial charge in [-0.25, -0.2) is 4.39 Å². The van der Waals surface area contributed by atoms with E-state index < -0.39 is 6.67 Å². The second kappa shape index (κ2) is 6.54. The lowest BCUT2D eigenvalue weighted by Crippen LogP contribution is -2.32. The lowest BCUT2D eigenvalue weighted by Gasteiger charge is -2.30. The summed E-state index contributed by atoms with van der Waals surface area (Å²) in [6.07, 6.45) is 8.27. The topological polar surface area (TPSA) is 22.0 Å². The maximum absolute atomic E-state index is 13.2. The molecular formula is C21H24FNO. The second-order valence-electron chi connectivity index (χ2n) is 7.28. The van der Waals surface area contributed by atoms with Crippen LogP contribution in [0.2, 0.25) is 0 Å². The number of halogens is 1. The monoisotopic (exact) mass is 325 g/mol. The minimum Gasteiger partial charge on any atom is -0.312 e. The molecule has 1 aromatic carbocycles. The summed E-state index contributed by atoms with van der Waals surface area (Å²) in [5, 5.41) is 0. The molecule has 2 aliphatic carbocycles. The molecule has 0 spiro atoms. The number of nitrogens with zero attached hydrogens (tertiary/aromatic N) is 1. The predicted molar refractivity (Wildman–Crippen MR) is 94.9 cm³/mol. The van der Waals surface area contributed by atoms with Gasteiger partial charge in [0.25, 0.3) is 5.56 Å². The number of benzene rings is 1. The van der Waals surface area contributed by atoms with E-state index in [4.69, 9.17) is 0 Å². The van der Waals surface area contributed by atoms with Crippen LogP contribution in [-0.2, 0) is 26.1 Å². The first-order chi connectivity index (χ1) is 11.8. The fourth-order valence-corrected chi connectivity index (χ4v) is 3.99. The Kier molecular flexibility index (Phi) is 4.26. The van der Waals surface area contributed by atoms with Crippen LogP contribution in [0.5, 0.6) is 0 Å². The van der Waals surface area contributed by atoms with Gasteiger partial charge in [0.15, 0.2) is 0 Å². The minimum atomic E-state index is -0.462. The largest absolute Gasteiger partial charge is 0.312 e. The van der Waals surface area contributed by atoms with E-state index in [0.29, 0.717) is 11.5 Å². The maximum Gasteiger partial charge on any atom is 0.258 e. The summed E-state index contributed by atoms with van der Waals surface area (Å²) in [6.45, 7) is 0.411. The van der Waals surface area contributed by atoms with Crippen molar-refractivity contribution in [2.24, 2.45) is 5.92 Å². The van der Waals surface area contributed by atoms with Gasteiger partial charge >= 0.3 is 0 Å². The molecule has 1 fully saturated rings. The van der Waals surface area contributed by atoms with Gasteiger partial charge < -0.3 is 4.57 Å². The third-order valence-electron chi connectivity index (χ3n) is 5.69. The zero-order chi connectivity index (χ0) is 16.5. The third kappa shape index (κ3) is 2.81. The number of aromatic nitrogens is 1. The van der Waals surface area contributed by atoms with Crippen molar-refractivity contribution in [1.29, 1.82) is 0 Å². The zero-order valence-electron chi connectivity index (χ0n) is 14.1. The molecule has 2 nitrogen and oxygen atoms in total. The van der Waals surface area contributed by atoms with Crippen LogP contribution in [0.3, 0.4) is 0 Å². The molecule has 3 heteroatoms. The van der Waals surface area contributed by atoms with Gasteiger partial charge in [-0.2, -0.15) is 0 Å². The van der Waals surface area contributed by atoms with Gasteiger partial charge in [0.1, 0.15) is 6.67 Å². The van der Waals surface area contributed by atoms with Crippen molar-refractivity contribution >= 4 is 0 Å². The number of fused-ring (bicyclic) bond motifs is 1. The highest BCUT2D eigenvalue weighted by molar-refractivity contribution is 5.64. The molecule has 1 heterocycles. The molecule has 0 amide bonds. The molecule has 0 bridgehead atoms. The molecule has 0 aliphatic heterocycles. The van der Waals surface area contributed by atoms with E-state index in [1.807, 2.05) is 12.1 Å². The summed E-state index contributed by atoms with van der Waals surface area (Å²) in [4.78, 5) is 13.2. The molecule has 24 heavy (non-hydrogen) atoms. The third-order valence-corrected chi connectivity index (χ3v) is 5.69. The molecule has 1 aromatic heterocycles. The van der Waals surface area contributed by atoms with E-state index in [9.17, 15) is 9.18 Å². The lowest BCUT2D eigenvalue weighted by atomic mass is 9.84. The predicted octanol–water partition coefficient (Wildman–Crippen LogP) is 4.66. The molecule has 126 valence electrons. The van der Waals surface area contributed by atoms with E-state index in [-0.39, 0.29) is 5.56 Å². The van der Waals surface area contributed by atoms with Crippen molar-refractivity contribution in [3.63, 3.8) is 0 Å². The number of pyridine rings is 1. The van der Waals surface area contributed by atoms with Crippen LogP contribution in [0.4, 0.5) is 4.39 Å².